The summed E-state index contributed by atoms with van der Waals surface area (Å²) in [6.45, 7) is -0.411. The molecule has 2 aromatic carbocycles. The second-order valence-electron chi connectivity index (χ2n) is 7.00. The molecule has 0 bridgehead atoms. The summed E-state index contributed by atoms with van der Waals surface area (Å²) in [6.07, 6.45) is 3.46. The molecule has 2 aliphatic carbocycles. The van der Waals surface area contributed by atoms with E-state index in [0.717, 1.165) is 29.5 Å². The average Bonchev–Trinajstić information content (AvgIpc) is 3.33. The molecule has 2 nitrogen and oxygen atoms in total. The molecule has 0 spiro atoms. The summed E-state index contributed by atoms with van der Waals surface area (Å²) < 4.78 is 12.8. The van der Waals surface area contributed by atoms with E-state index >= 15 is 0 Å². The van der Waals surface area contributed by atoms with Gasteiger partial charge < -0.3 is 11.1 Å². The van der Waals surface area contributed by atoms with Gasteiger partial charge in [-0.1, -0.05) is 42.5 Å². The van der Waals surface area contributed by atoms with E-state index in [2.05, 4.69) is 29.6 Å². The second-order valence-corrected chi connectivity index (χ2v) is 7.00. The molecule has 3 N–H and O–H groups in total. The van der Waals surface area contributed by atoms with Crippen LogP contribution >= 0.6 is 0 Å². The Morgan fingerprint density at radius 3 is 2.48 bits per heavy atom. The van der Waals surface area contributed by atoms with Crippen LogP contribution in [-0.2, 0) is 6.67 Å². The lowest BCUT2D eigenvalue weighted by atomic mass is 9.87. The molecule has 23 heavy (non-hydrogen) atoms. The number of nitrogens with one attached hydrogen (secondary N) is 1. The topological polar surface area (TPSA) is 38.0 Å². The zero-order chi connectivity index (χ0) is 15.8. The molecule has 120 valence electrons. The molecule has 3 heteroatoms. The molecule has 0 radical (unpaired) electrons. The summed E-state index contributed by atoms with van der Waals surface area (Å²) in [5, 5.41) is 3.71. The largest absolute Gasteiger partial charge is 0.328 e. The Hall–Kier alpha value is -1.71. The highest BCUT2D eigenvalue weighted by atomic mass is 19.1. The van der Waals surface area contributed by atoms with E-state index in [0.29, 0.717) is 24.0 Å². The average molecular weight is 310 g/mol. The molecule has 2 aromatic rings. The van der Waals surface area contributed by atoms with Crippen LogP contribution in [0.5, 0.6) is 0 Å². The third-order valence-electron chi connectivity index (χ3n) is 5.17. The molecule has 0 heterocycles. The van der Waals surface area contributed by atoms with E-state index in [-0.39, 0.29) is 0 Å². The first-order chi connectivity index (χ1) is 11.2. The van der Waals surface area contributed by atoms with Crippen molar-refractivity contribution in [3.05, 3.63) is 59.7 Å². The summed E-state index contributed by atoms with van der Waals surface area (Å²) in [4.78, 5) is 0. The standard InChI is InChI=1S/C20H23FN2/c21-12-13-2-1-3-16(8-13)14-4-6-15(7-5-14)19-11-20(19)23-18-9-17(22)10-18/h1-8,17-20,23H,9-12,22H2/t17?,18?,19-,20+/m1/s1. The van der Waals surface area contributed by atoms with E-state index < -0.39 is 6.67 Å². The van der Waals surface area contributed by atoms with Crippen molar-refractivity contribution >= 4 is 0 Å². The zero-order valence-corrected chi connectivity index (χ0v) is 13.2. The first-order valence-corrected chi connectivity index (χ1v) is 8.50. The van der Waals surface area contributed by atoms with E-state index in [1.807, 2.05) is 24.3 Å². The number of benzene rings is 2. The molecule has 0 aliphatic heterocycles. The number of hydrogen-bond acceptors (Lipinski definition) is 2. The van der Waals surface area contributed by atoms with Gasteiger partial charge in [-0.05, 0) is 47.6 Å². The zero-order valence-electron chi connectivity index (χ0n) is 13.2. The minimum absolute atomic E-state index is 0.407. The molecule has 0 unspecified atom stereocenters. The lowest BCUT2D eigenvalue weighted by molar-refractivity contribution is 0.289. The fourth-order valence-electron chi connectivity index (χ4n) is 3.61. The monoisotopic (exact) mass is 310 g/mol. The highest BCUT2D eigenvalue weighted by Gasteiger charge is 2.41. The molecule has 4 rings (SSSR count). The van der Waals surface area contributed by atoms with Crippen LogP contribution in [-0.4, -0.2) is 18.1 Å². The lowest BCUT2D eigenvalue weighted by Crippen LogP contribution is -2.49. The number of alkyl halides is 1. The molecule has 2 saturated carbocycles. The maximum atomic E-state index is 12.8. The number of hydrogen-bond donors (Lipinski definition) is 2. The fraction of sp³-hybridized carbons (Fsp3) is 0.400. The Kier molecular flexibility index (Phi) is 3.92. The van der Waals surface area contributed by atoms with Crippen molar-refractivity contribution in [3.63, 3.8) is 0 Å². The van der Waals surface area contributed by atoms with Crippen LogP contribution in [0.4, 0.5) is 4.39 Å². The van der Waals surface area contributed by atoms with Crippen molar-refractivity contribution in [2.45, 2.75) is 50.0 Å². The van der Waals surface area contributed by atoms with Gasteiger partial charge in [0.2, 0.25) is 0 Å². The lowest BCUT2D eigenvalue weighted by Gasteiger charge is -2.33. The highest BCUT2D eigenvalue weighted by Crippen LogP contribution is 2.42. The summed E-state index contributed by atoms with van der Waals surface area (Å²) >= 11 is 0. The molecule has 0 amide bonds. The molecule has 0 aromatic heterocycles. The number of halogens is 1. The van der Waals surface area contributed by atoms with E-state index in [1.165, 1.54) is 12.0 Å². The van der Waals surface area contributed by atoms with Gasteiger partial charge in [-0.3, -0.25) is 0 Å². The predicted octanol–water partition coefficient (Wildman–Crippen LogP) is 3.76. The summed E-state index contributed by atoms with van der Waals surface area (Å²) in [5.41, 5.74) is 10.2. The van der Waals surface area contributed by atoms with Crippen molar-refractivity contribution in [2.75, 3.05) is 0 Å². The van der Waals surface area contributed by atoms with Crippen molar-refractivity contribution in [1.29, 1.82) is 0 Å². The van der Waals surface area contributed by atoms with Gasteiger partial charge in [0.1, 0.15) is 6.67 Å². The van der Waals surface area contributed by atoms with Gasteiger partial charge >= 0.3 is 0 Å². The van der Waals surface area contributed by atoms with Gasteiger partial charge in [-0.15, -0.1) is 0 Å². The van der Waals surface area contributed by atoms with Crippen LogP contribution in [0.3, 0.4) is 0 Å². The first kappa shape index (κ1) is 14.9. The van der Waals surface area contributed by atoms with Gasteiger partial charge in [0.15, 0.2) is 0 Å². The normalized spacial score (nSPS) is 29.1. The molecular weight excluding hydrogens is 287 g/mol. The number of rotatable bonds is 5. The summed E-state index contributed by atoms with van der Waals surface area (Å²) in [6, 6.07) is 18.1. The van der Waals surface area contributed by atoms with Gasteiger partial charge in [0.25, 0.3) is 0 Å². The first-order valence-electron chi connectivity index (χ1n) is 8.50. The van der Waals surface area contributed by atoms with Crippen LogP contribution in [0, 0.1) is 0 Å². The summed E-state index contributed by atoms with van der Waals surface area (Å²) in [7, 11) is 0. The Balaban J connectivity index is 1.40. The molecule has 2 atom stereocenters. The maximum Gasteiger partial charge on any atom is 0.115 e. The van der Waals surface area contributed by atoms with Gasteiger partial charge in [-0.2, -0.15) is 0 Å². The van der Waals surface area contributed by atoms with Crippen molar-refractivity contribution in [2.24, 2.45) is 5.73 Å². The third-order valence-corrected chi connectivity index (χ3v) is 5.17. The van der Waals surface area contributed by atoms with Crippen molar-refractivity contribution in [3.8, 4) is 11.1 Å². The maximum absolute atomic E-state index is 12.8. The smallest absolute Gasteiger partial charge is 0.115 e. The van der Waals surface area contributed by atoms with E-state index in [9.17, 15) is 4.39 Å². The van der Waals surface area contributed by atoms with Crippen LogP contribution < -0.4 is 11.1 Å². The Labute approximate surface area is 136 Å². The minimum Gasteiger partial charge on any atom is -0.328 e. The Bertz CT molecular complexity index is 676. The van der Waals surface area contributed by atoms with E-state index in [4.69, 9.17) is 5.73 Å². The molecule has 2 fully saturated rings. The highest BCUT2D eigenvalue weighted by molar-refractivity contribution is 5.64. The van der Waals surface area contributed by atoms with Crippen LogP contribution in [0.2, 0.25) is 0 Å². The van der Waals surface area contributed by atoms with Crippen molar-refractivity contribution < 1.29 is 4.39 Å². The van der Waals surface area contributed by atoms with Gasteiger partial charge in [-0.25, -0.2) is 4.39 Å². The predicted molar refractivity (Wildman–Crippen MR) is 92.0 cm³/mol. The second kappa shape index (κ2) is 6.06. The quantitative estimate of drug-likeness (QED) is 0.882. The minimum atomic E-state index is -0.411. The van der Waals surface area contributed by atoms with Crippen molar-refractivity contribution in [1.82, 2.24) is 5.32 Å². The molecule has 2 aliphatic rings. The van der Waals surface area contributed by atoms with E-state index in [1.54, 1.807) is 0 Å². The van der Waals surface area contributed by atoms with Gasteiger partial charge in [0, 0.05) is 24.0 Å². The molecular formula is C20H23FN2. The third kappa shape index (κ3) is 3.17. The fourth-order valence-corrected chi connectivity index (χ4v) is 3.61. The summed E-state index contributed by atoms with van der Waals surface area (Å²) in [5.74, 6) is 0.637. The van der Waals surface area contributed by atoms with Crippen LogP contribution in [0.25, 0.3) is 11.1 Å². The SMILES string of the molecule is NC1CC(N[C@H]2C[C@@H]2c2ccc(-c3cccc(CF)c3)cc2)C1. The number of nitrogens with two attached hydrogens (primary N) is 1. The Morgan fingerprint density at radius 2 is 1.78 bits per heavy atom. The van der Waals surface area contributed by atoms with Crippen LogP contribution in [0.1, 0.15) is 36.3 Å². The molecule has 0 saturated heterocycles. The van der Waals surface area contributed by atoms with Crippen LogP contribution in [0.15, 0.2) is 48.5 Å². The Morgan fingerprint density at radius 1 is 1.00 bits per heavy atom. The van der Waals surface area contributed by atoms with Gasteiger partial charge in [0.05, 0.1) is 0 Å².